The summed E-state index contributed by atoms with van der Waals surface area (Å²) in [5.74, 6) is 0.828. The monoisotopic (exact) mass is 539 g/mol. The van der Waals surface area contributed by atoms with E-state index in [1.807, 2.05) is 30.3 Å². The van der Waals surface area contributed by atoms with E-state index in [9.17, 15) is 4.79 Å². The van der Waals surface area contributed by atoms with Crippen molar-refractivity contribution in [3.05, 3.63) is 93.9 Å². The fourth-order valence-electron chi connectivity index (χ4n) is 4.25. The van der Waals surface area contributed by atoms with Crippen molar-refractivity contribution in [2.75, 3.05) is 19.5 Å². The van der Waals surface area contributed by atoms with Crippen LogP contribution in [-0.2, 0) is 6.42 Å². The molecule has 0 fully saturated rings. The van der Waals surface area contributed by atoms with Crippen molar-refractivity contribution >= 4 is 39.0 Å². The van der Waals surface area contributed by atoms with Gasteiger partial charge in [-0.15, -0.1) is 11.3 Å². The van der Waals surface area contributed by atoms with Crippen molar-refractivity contribution in [1.29, 1.82) is 0 Å². The molecule has 5 rings (SSSR count). The molecule has 0 radical (unpaired) electrons. The van der Waals surface area contributed by atoms with Gasteiger partial charge in [-0.3, -0.25) is 10.1 Å². The number of nitrogens with zero attached hydrogens (tertiary/aromatic N) is 2. The normalized spacial score (nSPS) is 11.6. The van der Waals surface area contributed by atoms with Crippen molar-refractivity contribution in [2.45, 2.75) is 27.2 Å². The van der Waals surface area contributed by atoms with E-state index < -0.39 is 0 Å². The number of amides is 1. The van der Waals surface area contributed by atoms with E-state index in [1.54, 1.807) is 32.4 Å². The van der Waals surface area contributed by atoms with Gasteiger partial charge in [0.25, 0.3) is 5.91 Å². The van der Waals surface area contributed by atoms with Crippen LogP contribution in [0.2, 0.25) is 0 Å². The fourth-order valence-corrected chi connectivity index (χ4v) is 5.17. The third-order valence-corrected chi connectivity index (χ3v) is 7.62. The zero-order chi connectivity index (χ0) is 27.5. The predicted octanol–water partition coefficient (Wildman–Crippen LogP) is 7.24. The van der Waals surface area contributed by atoms with E-state index in [0.29, 0.717) is 33.3 Å². The molecule has 39 heavy (non-hydrogen) atoms. The third-order valence-electron chi connectivity index (χ3n) is 6.51. The van der Waals surface area contributed by atoms with E-state index in [2.05, 4.69) is 49.3 Å². The quantitative estimate of drug-likeness (QED) is 0.236. The Hall–Kier alpha value is -4.43. The molecule has 0 unspecified atom stereocenters. The second kappa shape index (κ2) is 11.1. The number of methoxy groups -OCH3 is 2. The molecule has 198 valence electrons. The Balaban J connectivity index is 1.59. The van der Waals surface area contributed by atoms with Gasteiger partial charge in [-0.1, -0.05) is 37.3 Å². The largest absolute Gasteiger partial charge is 0.497 e. The number of hydrogen-bond donors (Lipinski definition) is 1. The summed E-state index contributed by atoms with van der Waals surface area (Å²) >= 11 is 1.47. The highest BCUT2D eigenvalue weighted by Crippen LogP contribution is 2.33. The van der Waals surface area contributed by atoms with Crippen LogP contribution >= 0.6 is 11.3 Å². The van der Waals surface area contributed by atoms with E-state index >= 15 is 0 Å². The summed E-state index contributed by atoms with van der Waals surface area (Å²) < 4.78 is 17.0. The molecule has 8 heteroatoms. The Kier molecular flexibility index (Phi) is 7.47. The first-order valence-electron chi connectivity index (χ1n) is 12.6. The van der Waals surface area contributed by atoms with Crippen LogP contribution in [0.5, 0.6) is 11.5 Å². The van der Waals surface area contributed by atoms with E-state index in [-0.39, 0.29) is 17.0 Å². The molecule has 0 saturated heterocycles. The number of aryl methyl sites for hydroxylation is 3. The van der Waals surface area contributed by atoms with Gasteiger partial charge in [0.1, 0.15) is 11.3 Å². The molecule has 0 aliphatic carbocycles. The molecule has 1 amide bonds. The highest BCUT2D eigenvalue weighted by molar-refractivity contribution is 7.16. The van der Waals surface area contributed by atoms with E-state index in [4.69, 9.17) is 18.9 Å². The average Bonchev–Trinajstić information content (AvgIpc) is 3.36. The maximum Gasteiger partial charge on any atom is 0.262 e. The maximum absolute atomic E-state index is 13.7. The highest BCUT2D eigenvalue weighted by atomic mass is 32.1. The Bertz CT molecular complexity index is 1750. The molecule has 0 aliphatic heterocycles. The first-order valence-corrected chi connectivity index (χ1v) is 13.4. The van der Waals surface area contributed by atoms with Gasteiger partial charge in [0.15, 0.2) is 16.5 Å². The second-order valence-corrected chi connectivity index (χ2v) is 10.1. The van der Waals surface area contributed by atoms with Crippen LogP contribution in [0, 0.1) is 13.8 Å². The molecule has 3 aromatic carbocycles. The molecule has 5 aromatic rings. The van der Waals surface area contributed by atoms with Gasteiger partial charge in [0.2, 0.25) is 5.55 Å². The maximum atomic E-state index is 13.7. The minimum Gasteiger partial charge on any atom is -0.497 e. The fraction of sp³-hybridized carbons (Fsp3) is 0.194. The number of benzene rings is 3. The molecule has 0 spiro atoms. The molecule has 1 N–H and O–H groups in total. The van der Waals surface area contributed by atoms with Gasteiger partial charge in [0.05, 0.1) is 25.6 Å². The number of hydrogen-bond acceptors (Lipinski definition) is 7. The molecule has 2 heterocycles. The van der Waals surface area contributed by atoms with Gasteiger partial charge >= 0.3 is 0 Å². The number of ether oxygens (including phenoxy) is 2. The van der Waals surface area contributed by atoms with Gasteiger partial charge in [0, 0.05) is 21.9 Å². The summed E-state index contributed by atoms with van der Waals surface area (Å²) in [7, 11) is 3.17. The standard InChI is InChI=1S/C31H29N3O4S/c1-6-26-27(20-14-13-18(2)19(3)15-20)33-31(39-26)34-29(35)24-16-21-9-7-12-25(37-5)28(21)38-30(24)32-22-10-8-11-23(17-22)36-4/h7-17H,6H2,1-5H3,(H,33,34,35). The van der Waals surface area contributed by atoms with Gasteiger partial charge in [-0.25, -0.2) is 9.98 Å². The number of aromatic nitrogens is 1. The number of thiazole rings is 1. The van der Waals surface area contributed by atoms with Gasteiger partial charge in [-0.2, -0.15) is 0 Å². The summed E-state index contributed by atoms with van der Waals surface area (Å²) in [4.78, 5) is 24.2. The predicted molar refractivity (Wildman–Crippen MR) is 155 cm³/mol. The molecule has 0 bridgehead atoms. The summed E-state index contributed by atoms with van der Waals surface area (Å²) in [5, 5.41) is 4.22. The lowest BCUT2D eigenvalue weighted by Gasteiger charge is -2.08. The van der Waals surface area contributed by atoms with Crippen LogP contribution in [0.1, 0.15) is 33.3 Å². The van der Waals surface area contributed by atoms with Crippen LogP contribution in [0.15, 0.2) is 76.1 Å². The Labute approximate surface area is 230 Å². The highest BCUT2D eigenvalue weighted by Gasteiger charge is 2.19. The van der Waals surface area contributed by atoms with Crippen molar-refractivity contribution in [2.24, 2.45) is 4.99 Å². The lowest BCUT2D eigenvalue weighted by Crippen LogP contribution is -2.21. The number of anilines is 1. The SMILES string of the molecule is CCc1sc(NC(=O)c2cc3cccc(OC)c3oc2=Nc2cccc(OC)c2)nc1-c1ccc(C)c(C)c1. The first-order chi connectivity index (χ1) is 18.9. The molecule has 0 saturated carbocycles. The lowest BCUT2D eigenvalue weighted by molar-refractivity contribution is 0.102. The summed E-state index contributed by atoms with van der Waals surface area (Å²) in [6, 6.07) is 20.8. The molecular weight excluding hydrogens is 510 g/mol. The Morgan fingerprint density at radius 3 is 2.56 bits per heavy atom. The van der Waals surface area contributed by atoms with Crippen LogP contribution in [-0.4, -0.2) is 25.1 Å². The topological polar surface area (TPSA) is 86.0 Å². The second-order valence-electron chi connectivity index (χ2n) is 9.05. The molecule has 2 aromatic heterocycles. The molecular formula is C31H29N3O4S. The van der Waals surface area contributed by atoms with Crippen LogP contribution in [0.4, 0.5) is 10.8 Å². The van der Waals surface area contributed by atoms with Crippen LogP contribution in [0.25, 0.3) is 22.2 Å². The number of carbonyl (C=O) groups is 1. The van der Waals surface area contributed by atoms with Crippen molar-refractivity contribution < 1.29 is 18.7 Å². The summed E-state index contributed by atoms with van der Waals surface area (Å²) in [6.45, 7) is 6.26. The minimum absolute atomic E-state index is 0.152. The minimum atomic E-state index is -0.367. The average molecular weight is 540 g/mol. The van der Waals surface area contributed by atoms with Gasteiger partial charge in [-0.05, 0) is 61.7 Å². The lowest BCUT2D eigenvalue weighted by atomic mass is 10.0. The smallest absolute Gasteiger partial charge is 0.262 e. The Morgan fingerprint density at radius 2 is 1.82 bits per heavy atom. The van der Waals surface area contributed by atoms with E-state index in [0.717, 1.165) is 22.6 Å². The number of fused-ring (bicyclic) bond motifs is 1. The van der Waals surface area contributed by atoms with Crippen molar-refractivity contribution in [3.63, 3.8) is 0 Å². The zero-order valence-corrected chi connectivity index (χ0v) is 23.3. The number of carbonyl (C=O) groups excluding carboxylic acids is 1. The summed E-state index contributed by atoms with van der Waals surface area (Å²) in [5.41, 5.74) is 5.86. The summed E-state index contributed by atoms with van der Waals surface area (Å²) in [6.07, 6.45) is 0.803. The van der Waals surface area contributed by atoms with Crippen molar-refractivity contribution in [1.82, 2.24) is 4.98 Å². The molecule has 7 nitrogen and oxygen atoms in total. The molecule has 0 atom stereocenters. The third kappa shape index (κ3) is 5.42. The Morgan fingerprint density at radius 1 is 1.00 bits per heavy atom. The number of nitrogens with one attached hydrogen (secondary N) is 1. The number of para-hydroxylation sites is 1. The zero-order valence-electron chi connectivity index (χ0n) is 22.5. The van der Waals surface area contributed by atoms with Crippen molar-refractivity contribution in [3.8, 4) is 22.8 Å². The van der Waals surface area contributed by atoms with Crippen LogP contribution in [0.3, 0.4) is 0 Å². The number of rotatable bonds is 7. The first kappa shape index (κ1) is 26.2. The van der Waals surface area contributed by atoms with E-state index in [1.165, 1.54) is 22.5 Å². The van der Waals surface area contributed by atoms with Crippen LogP contribution < -0.4 is 20.3 Å². The molecule has 0 aliphatic rings. The van der Waals surface area contributed by atoms with Gasteiger partial charge < -0.3 is 13.9 Å².